The first-order chi connectivity index (χ1) is 7.63. The molecule has 0 saturated carbocycles. The molecule has 0 aliphatic heterocycles. The van der Waals surface area contributed by atoms with Crippen molar-refractivity contribution in [3.63, 3.8) is 0 Å². The molecule has 0 atom stereocenters. The second-order valence-corrected chi connectivity index (χ2v) is 4.16. The molecule has 0 unspecified atom stereocenters. The highest BCUT2D eigenvalue weighted by Gasteiger charge is 2.02. The van der Waals surface area contributed by atoms with E-state index in [0.717, 1.165) is 0 Å². The van der Waals surface area contributed by atoms with Crippen LogP contribution in [0.15, 0.2) is 30.3 Å². The van der Waals surface area contributed by atoms with Crippen molar-refractivity contribution >= 4 is 34.8 Å². The zero-order valence-corrected chi connectivity index (χ0v) is 10.1. The van der Waals surface area contributed by atoms with E-state index in [1.807, 2.05) is 0 Å². The normalized spacial score (nSPS) is 10.2. The molecule has 0 radical (unpaired) electrons. The summed E-state index contributed by atoms with van der Waals surface area (Å²) in [5.41, 5.74) is 0. The van der Waals surface area contributed by atoms with Gasteiger partial charge in [-0.05, 0) is 24.3 Å². The zero-order valence-electron chi connectivity index (χ0n) is 7.82. The molecule has 16 heavy (non-hydrogen) atoms. The van der Waals surface area contributed by atoms with Gasteiger partial charge in [-0.25, -0.2) is 0 Å². The maximum atomic E-state index is 5.82. The highest BCUT2D eigenvalue weighted by molar-refractivity contribution is 6.34. The van der Waals surface area contributed by atoms with Gasteiger partial charge in [-0.1, -0.05) is 34.8 Å². The summed E-state index contributed by atoms with van der Waals surface area (Å²) in [5, 5.41) is 8.67. The fourth-order valence-electron chi connectivity index (χ4n) is 1.07. The van der Waals surface area contributed by atoms with Gasteiger partial charge in [0.15, 0.2) is 5.15 Å². The Labute approximate surface area is 107 Å². The van der Waals surface area contributed by atoms with Crippen LogP contribution in [0.4, 0.5) is 0 Å². The summed E-state index contributed by atoms with van der Waals surface area (Å²) in [6, 6.07) is 8.05. The summed E-state index contributed by atoms with van der Waals surface area (Å²) in [5.74, 6) is 0.817. The Bertz CT molecular complexity index is 482. The van der Waals surface area contributed by atoms with Crippen LogP contribution < -0.4 is 4.74 Å². The second kappa shape index (κ2) is 4.87. The number of ether oxygens (including phenoxy) is 1. The number of hydrogen-bond acceptors (Lipinski definition) is 3. The average Bonchev–Trinajstić information content (AvgIpc) is 2.20. The summed E-state index contributed by atoms with van der Waals surface area (Å²) < 4.78 is 5.39. The van der Waals surface area contributed by atoms with Crippen molar-refractivity contribution in [1.82, 2.24) is 10.2 Å². The summed E-state index contributed by atoms with van der Waals surface area (Å²) >= 11 is 17.2. The lowest BCUT2D eigenvalue weighted by Crippen LogP contribution is -1.90. The molecule has 2 aromatic rings. The van der Waals surface area contributed by atoms with E-state index in [0.29, 0.717) is 26.8 Å². The Hall–Kier alpha value is -1.03. The molecule has 1 heterocycles. The van der Waals surface area contributed by atoms with Crippen LogP contribution in [-0.2, 0) is 0 Å². The van der Waals surface area contributed by atoms with E-state index in [1.165, 1.54) is 0 Å². The van der Waals surface area contributed by atoms with Crippen molar-refractivity contribution in [2.75, 3.05) is 0 Å². The topological polar surface area (TPSA) is 35.0 Å². The van der Waals surface area contributed by atoms with E-state index in [9.17, 15) is 0 Å². The molecule has 0 N–H and O–H groups in total. The van der Waals surface area contributed by atoms with Gasteiger partial charge in [-0.2, -0.15) is 0 Å². The van der Waals surface area contributed by atoms with Crippen LogP contribution in [0.25, 0.3) is 0 Å². The van der Waals surface area contributed by atoms with Gasteiger partial charge in [-0.3, -0.25) is 0 Å². The molecule has 2 rings (SSSR count). The number of rotatable bonds is 2. The molecule has 3 nitrogen and oxygen atoms in total. The third-order valence-corrected chi connectivity index (χ3v) is 2.30. The monoisotopic (exact) mass is 274 g/mol. The van der Waals surface area contributed by atoms with Crippen molar-refractivity contribution in [2.45, 2.75) is 0 Å². The predicted molar refractivity (Wildman–Crippen MR) is 63.6 cm³/mol. The Kier molecular flexibility index (Phi) is 3.49. The van der Waals surface area contributed by atoms with Gasteiger partial charge in [0.2, 0.25) is 5.88 Å². The van der Waals surface area contributed by atoms with E-state index >= 15 is 0 Å². The van der Waals surface area contributed by atoms with Gasteiger partial charge in [0.1, 0.15) is 5.75 Å². The maximum Gasteiger partial charge on any atom is 0.238 e. The lowest BCUT2D eigenvalue weighted by atomic mass is 10.3. The minimum Gasteiger partial charge on any atom is -0.437 e. The van der Waals surface area contributed by atoms with Gasteiger partial charge in [0, 0.05) is 16.1 Å². The van der Waals surface area contributed by atoms with E-state index in [4.69, 9.17) is 39.5 Å². The summed E-state index contributed by atoms with van der Waals surface area (Å²) in [6.07, 6.45) is 0. The molecular weight excluding hydrogens is 270 g/mol. The number of aromatic nitrogens is 2. The van der Waals surface area contributed by atoms with E-state index < -0.39 is 0 Å². The third kappa shape index (κ3) is 2.98. The van der Waals surface area contributed by atoms with Crippen LogP contribution >= 0.6 is 34.8 Å². The Morgan fingerprint density at radius 3 is 2.12 bits per heavy atom. The molecule has 0 aliphatic carbocycles. The molecule has 0 amide bonds. The van der Waals surface area contributed by atoms with E-state index in [2.05, 4.69) is 10.2 Å². The largest absolute Gasteiger partial charge is 0.437 e. The van der Waals surface area contributed by atoms with Crippen molar-refractivity contribution in [2.24, 2.45) is 0 Å². The van der Waals surface area contributed by atoms with Gasteiger partial charge >= 0.3 is 0 Å². The van der Waals surface area contributed by atoms with Crippen molar-refractivity contribution in [3.8, 4) is 11.6 Å². The summed E-state index contributed by atoms with van der Waals surface area (Å²) in [6.45, 7) is 0. The summed E-state index contributed by atoms with van der Waals surface area (Å²) in [4.78, 5) is 0. The zero-order chi connectivity index (χ0) is 11.5. The van der Waals surface area contributed by atoms with Crippen LogP contribution in [0.3, 0.4) is 0 Å². The van der Waals surface area contributed by atoms with Crippen molar-refractivity contribution in [3.05, 3.63) is 45.5 Å². The van der Waals surface area contributed by atoms with Crippen molar-refractivity contribution in [1.29, 1.82) is 0 Å². The lowest BCUT2D eigenvalue weighted by Gasteiger charge is -2.04. The van der Waals surface area contributed by atoms with Gasteiger partial charge < -0.3 is 4.74 Å². The molecule has 0 aliphatic rings. The Morgan fingerprint density at radius 2 is 1.56 bits per heavy atom. The molecule has 6 heteroatoms. The van der Waals surface area contributed by atoms with Crippen LogP contribution in [-0.4, -0.2) is 10.2 Å². The smallest absolute Gasteiger partial charge is 0.238 e. The quantitative estimate of drug-likeness (QED) is 0.822. The fourth-order valence-corrected chi connectivity index (χ4v) is 1.67. The molecule has 82 valence electrons. The standard InChI is InChI=1S/C10H5Cl3N2O/c11-6-3-7(12)5-8(4-6)16-10-2-1-9(13)14-15-10/h1-5H. The van der Waals surface area contributed by atoms with Gasteiger partial charge in [0.05, 0.1) is 0 Å². The summed E-state index contributed by atoms with van der Waals surface area (Å²) in [7, 11) is 0. The number of nitrogens with zero attached hydrogens (tertiary/aromatic N) is 2. The first-order valence-electron chi connectivity index (χ1n) is 4.27. The highest BCUT2D eigenvalue weighted by Crippen LogP contribution is 2.27. The molecular formula is C10H5Cl3N2O. The van der Waals surface area contributed by atoms with E-state index in [-0.39, 0.29) is 0 Å². The van der Waals surface area contributed by atoms with Gasteiger partial charge in [0.25, 0.3) is 0 Å². The number of hydrogen-bond donors (Lipinski definition) is 0. The number of benzene rings is 1. The average molecular weight is 276 g/mol. The Morgan fingerprint density at radius 1 is 0.875 bits per heavy atom. The predicted octanol–water partition coefficient (Wildman–Crippen LogP) is 4.23. The first kappa shape index (κ1) is 11.5. The van der Waals surface area contributed by atoms with E-state index in [1.54, 1.807) is 30.3 Å². The third-order valence-electron chi connectivity index (χ3n) is 1.67. The highest BCUT2D eigenvalue weighted by atomic mass is 35.5. The van der Waals surface area contributed by atoms with Crippen molar-refractivity contribution < 1.29 is 4.74 Å². The SMILES string of the molecule is Clc1cc(Cl)cc(Oc2ccc(Cl)nn2)c1. The van der Waals surface area contributed by atoms with Crippen LogP contribution in [0, 0.1) is 0 Å². The lowest BCUT2D eigenvalue weighted by molar-refractivity contribution is 0.455. The van der Waals surface area contributed by atoms with Crippen LogP contribution in [0.5, 0.6) is 11.6 Å². The molecule has 0 bridgehead atoms. The number of halogens is 3. The molecule has 0 saturated heterocycles. The molecule has 1 aromatic heterocycles. The first-order valence-corrected chi connectivity index (χ1v) is 5.40. The minimum absolute atomic E-state index is 0.302. The Balaban J connectivity index is 2.23. The molecule has 0 spiro atoms. The fraction of sp³-hybridized carbons (Fsp3) is 0. The van der Waals surface area contributed by atoms with Gasteiger partial charge in [-0.15, -0.1) is 10.2 Å². The van der Waals surface area contributed by atoms with Crippen LogP contribution in [0.1, 0.15) is 0 Å². The second-order valence-electron chi connectivity index (χ2n) is 2.90. The maximum absolute atomic E-state index is 5.82. The molecule has 0 fully saturated rings. The minimum atomic E-state index is 0.302. The van der Waals surface area contributed by atoms with Crippen LogP contribution in [0.2, 0.25) is 15.2 Å². The molecule has 1 aromatic carbocycles.